The summed E-state index contributed by atoms with van der Waals surface area (Å²) in [6.07, 6.45) is 3.46. The second-order valence-electron chi connectivity index (χ2n) is 5.56. The Morgan fingerprint density at radius 3 is 2.60 bits per heavy atom. The van der Waals surface area contributed by atoms with Crippen molar-refractivity contribution in [3.8, 4) is 0 Å². The van der Waals surface area contributed by atoms with Gasteiger partial charge >= 0.3 is 5.97 Å². The summed E-state index contributed by atoms with van der Waals surface area (Å²) >= 11 is 0. The first-order chi connectivity index (χ1) is 9.49. The number of aliphatic carboxylic acids is 1. The monoisotopic (exact) mass is 286 g/mol. The summed E-state index contributed by atoms with van der Waals surface area (Å²) in [5, 5.41) is 18.6. The SMILES string of the molecule is CCCC(CCN)CCC(=O)N1C[C@@H](O)C[C@H]1C(=O)O. The van der Waals surface area contributed by atoms with Crippen LogP contribution in [0.1, 0.15) is 45.4 Å². The van der Waals surface area contributed by atoms with Crippen LogP contribution < -0.4 is 5.73 Å². The number of aliphatic hydroxyl groups excluding tert-OH is 1. The first kappa shape index (κ1) is 16.9. The average Bonchev–Trinajstić information content (AvgIpc) is 2.78. The van der Waals surface area contributed by atoms with Crippen molar-refractivity contribution in [3.63, 3.8) is 0 Å². The molecule has 0 saturated carbocycles. The Labute approximate surface area is 119 Å². The number of carbonyl (C=O) groups excluding carboxylic acids is 1. The summed E-state index contributed by atoms with van der Waals surface area (Å²) in [5.74, 6) is -0.793. The van der Waals surface area contributed by atoms with Gasteiger partial charge in [-0.05, 0) is 25.3 Å². The van der Waals surface area contributed by atoms with Crippen molar-refractivity contribution in [1.29, 1.82) is 0 Å². The van der Waals surface area contributed by atoms with Gasteiger partial charge in [-0.1, -0.05) is 19.8 Å². The highest BCUT2D eigenvalue weighted by molar-refractivity contribution is 5.84. The Hall–Kier alpha value is -1.14. The number of amides is 1. The molecule has 1 aliphatic rings. The quantitative estimate of drug-likeness (QED) is 0.605. The van der Waals surface area contributed by atoms with E-state index in [2.05, 4.69) is 6.92 Å². The lowest BCUT2D eigenvalue weighted by Crippen LogP contribution is -2.40. The molecule has 0 radical (unpaired) electrons. The lowest BCUT2D eigenvalue weighted by molar-refractivity contribution is -0.148. The zero-order valence-electron chi connectivity index (χ0n) is 12.1. The minimum absolute atomic E-state index is 0.127. The van der Waals surface area contributed by atoms with Gasteiger partial charge in [0.05, 0.1) is 6.10 Å². The van der Waals surface area contributed by atoms with Crippen molar-refractivity contribution in [2.45, 2.75) is 57.6 Å². The van der Waals surface area contributed by atoms with E-state index >= 15 is 0 Å². The van der Waals surface area contributed by atoms with E-state index < -0.39 is 18.1 Å². The Kier molecular flexibility index (Phi) is 6.95. The molecular formula is C14H26N2O4. The number of carbonyl (C=O) groups is 2. The smallest absolute Gasteiger partial charge is 0.326 e. The molecule has 6 heteroatoms. The molecule has 6 nitrogen and oxygen atoms in total. The van der Waals surface area contributed by atoms with Gasteiger partial charge in [0, 0.05) is 19.4 Å². The third-order valence-electron chi connectivity index (χ3n) is 3.92. The molecule has 0 aromatic heterocycles. The van der Waals surface area contributed by atoms with Gasteiger partial charge in [0.2, 0.25) is 5.91 Å². The van der Waals surface area contributed by atoms with E-state index in [4.69, 9.17) is 10.8 Å². The number of likely N-dealkylation sites (tertiary alicyclic amines) is 1. The first-order valence-electron chi connectivity index (χ1n) is 7.40. The van der Waals surface area contributed by atoms with Gasteiger partial charge in [0.25, 0.3) is 0 Å². The first-order valence-corrected chi connectivity index (χ1v) is 7.40. The van der Waals surface area contributed by atoms with E-state index in [-0.39, 0.29) is 18.9 Å². The summed E-state index contributed by atoms with van der Waals surface area (Å²) < 4.78 is 0. The zero-order valence-corrected chi connectivity index (χ0v) is 12.1. The van der Waals surface area contributed by atoms with Crippen molar-refractivity contribution >= 4 is 11.9 Å². The van der Waals surface area contributed by atoms with Gasteiger partial charge in [0.1, 0.15) is 6.04 Å². The minimum Gasteiger partial charge on any atom is -0.480 e. The Morgan fingerprint density at radius 2 is 2.05 bits per heavy atom. The third-order valence-corrected chi connectivity index (χ3v) is 3.92. The lowest BCUT2D eigenvalue weighted by Gasteiger charge is -2.22. The fraction of sp³-hybridized carbons (Fsp3) is 0.857. The van der Waals surface area contributed by atoms with Crippen LogP contribution in [-0.2, 0) is 9.59 Å². The molecule has 3 atom stereocenters. The molecular weight excluding hydrogens is 260 g/mol. The summed E-state index contributed by atoms with van der Waals surface area (Å²) in [6, 6.07) is -0.878. The number of carboxylic acid groups (broad SMARTS) is 1. The molecule has 0 spiro atoms. The van der Waals surface area contributed by atoms with Gasteiger partial charge in [-0.25, -0.2) is 4.79 Å². The minimum atomic E-state index is -1.04. The molecule has 20 heavy (non-hydrogen) atoms. The van der Waals surface area contributed by atoms with Crippen LogP contribution in [0.5, 0.6) is 0 Å². The molecule has 1 amide bonds. The number of nitrogens with zero attached hydrogens (tertiary/aromatic N) is 1. The maximum absolute atomic E-state index is 12.1. The van der Waals surface area contributed by atoms with Crippen molar-refractivity contribution in [2.75, 3.05) is 13.1 Å². The number of hydrogen-bond donors (Lipinski definition) is 3. The van der Waals surface area contributed by atoms with Crippen LogP contribution in [0.15, 0.2) is 0 Å². The summed E-state index contributed by atoms with van der Waals surface area (Å²) in [4.78, 5) is 24.5. The Bertz CT molecular complexity index is 329. The van der Waals surface area contributed by atoms with E-state index in [1.165, 1.54) is 4.90 Å². The Balaban J connectivity index is 2.50. The van der Waals surface area contributed by atoms with Crippen molar-refractivity contribution in [1.82, 2.24) is 4.90 Å². The number of nitrogens with two attached hydrogens (primary N) is 1. The molecule has 1 rings (SSSR count). The topological polar surface area (TPSA) is 104 Å². The van der Waals surface area contributed by atoms with Crippen LogP contribution in [0.3, 0.4) is 0 Å². The second-order valence-corrected chi connectivity index (χ2v) is 5.56. The van der Waals surface area contributed by atoms with Crippen molar-refractivity contribution in [3.05, 3.63) is 0 Å². The van der Waals surface area contributed by atoms with E-state index in [9.17, 15) is 14.7 Å². The molecule has 1 saturated heterocycles. The largest absolute Gasteiger partial charge is 0.480 e. The van der Waals surface area contributed by atoms with Gasteiger partial charge in [-0.15, -0.1) is 0 Å². The molecule has 0 aliphatic carbocycles. The second kappa shape index (κ2) is 8.21. The molecule has 4 N–H and O–H groups in total. The summed E-state index contributed by atoms with van der Waals surface area (Å²) in [7, 11) is 0. The highest BCUT2D eigenvalue weighted by Gasteiger charge is 2.38. The lowest BCUT2D eigenvalue weighted by atomic mass is 9.94. The van der Waals surface area contributed by atoms with Crippen LogP contribution in [-0.4, -0.2) is 52.2 Å². The average molecular weight is 286 g/mol. The molecule has 0 aromatic rings. The molecule has 1 aliphatic heterocycles. The highest BCUT2D eigenvalue weighted by Crippen LogP contribution is 2.22. The highest BCUT2D eigenvalue weighted by atomic mass is 16.4. The fourth-order valence-electron chi connectivity index (χ4n) is 2.87. The van der Waals surface area contributed by atoms with Gasteiger partial charge in [-0.2, -0.15) is 0 Å². The molecule has 116 valence electrons. The molecule has 0 aromatic carbocycles. The third kappa shape index (κ3) is 4.76. The van der Waals surface area contributed by atoms with Gasteiger partial charge in [0.15, 0.2) is 0 Å². The number of carboxylic acids is 1. The van der Waals surface area contributed by atoms with Crippen LogP contribution in [0, 0.1) is 5.92 Å². The van der Waals surface area contributed by atoms with E-state index in [1.807, 2.05) is 0 Å². The summed E-state index contributed by atoms with van der Waals surface area (Å²) in [5.41, 5.74) is 5.56. The van der Waals surface area contributed by atoms with Crippen LogP contribution in [0.25, 0.3) is 0 Å². The molecule has 1 fully saturated rings. The van der Waals surface area contributed by atoms with E-state index in [1.54, 1.807) is 0 Å². The molecule has 0 bridgehead atoms. The number of hydrogen-bond acceptors (Lipinski definition) is 4. The van der Waals surface area contributed by atoms with E-state index in [0.29, 0.717) is 18.9 Å². The fourth-order valence-corrected chi connectivity index (χ4v) is 2.87. The van der Waals surface area contributed by atoms with Crippen molar-refractivity contribution < 1.29 is 19.8 Å². The predicted octanol–water partition coefficient (Wildman–Crippen LogP) is 0.578. The maximum Gasteiger partial charge on any atom is 0.326 e. The number of β-amino-alcohol motifs (C(OH)–C–C–N with tert-alkyl or cyclic N) is 1. The number of rotatable bonds is 8. The van der Waals surface area contributed by atoms with Crippen molar-refractivity contribution in [2.24, 2.45) is 11.7 Å². The zero-order chi connectivity index (χ0) is 15.1. The van der Waals surface area contributed by atoms with Crippen LogP contribution in [0.4, 0.5) is 0 Å². The maximum atomic E-state index is 12.1. The van der Waals surface area contributed by atoms with Crippen LogP contribution in [0.2, 0.25) is 0 Å². The normalized spacial score (nSPS) is 23.9. The van der Waals surface area contributed by atoms with Gasteiger partial charge < -0.3 is 20.8 Å². The summed E-state index contributed by atoms with van der Waals surface area (Å²) in [6.45, 7) is 2.84. The number of aliphatic hydroxyl groups is 1. The van der Waals surface area contributed by atoms with Gasteiger partial charge in [-0.3, -0.25) is 4.79 Å². The van der Waals surface area contributed by atoms with E-state index in [0.717, 1.165) is 25.7 Å². The molecule has 1 unspecified atom stereocenters. The van der Waals surface area contributed by atoms with Crippen LogP contribution >= 0.6 is 0 Å². The molecule has 1 heterocycles. The standard InChI is InChI=1S/C14H26N2O4/c1-2-3-10(6-7-15)4-5-13(18)16-9-11(17)8-12(16)14(19)20/h10-12,17H,2-9,15H2,1H3,(H,19,20)/t10?,11-,12-/m0/s1. The Morgan fingerprint density at radius 1 is 1.35 bits per heavy atom. The predicted molar refractivity (Wildman–Crippen MR) is 75.1 cm³/mol.